The third-order valence-corrected chi connectivity index (χ3v) is 6.11. The number of nitrogens with zero attached hydrogens (tertiary/aromatic N) is 2. The number of hydrogen-bond donors (Lipinski definition) is 1. The van der Waals surface area contributed by atoms with Crippen LogP contribution in [0.3, 0.4) is 0 Å². The van der Waals surface area contributed by atoms with Gasteiger partial charge in [-0.2, -0.15) is 0 Å². The monoisotopic (exact) mass is 351 g/mol. The summed E-state index contributed by atoms with van der Waals surface area (Å²) in [4.78, 5) is 8.06. The number of nitrogens with one attached hydrogen (secondary N) is 1. The van der Waals surface area contributed by atoms with Gasteiger partial charge in [0, 0.05) is 47.9 Å². The summed E-state index contributed by atoms with van der Waals surface area (Å²) in [5.74, 6) is 1.55. The third kappa shape index (κ3) is 3.00. The maximum absolute atomic E-state index is 12.5. The first-order chi connectivity index (χ1) is 12.2. The van der Waals surface area contributed by atoms with E-state index in [4.69, 9.17) is 4.98 Å². The van der Waals surface area contributed by atoms with E-state index in [1.165, 1.54) is 5.56 Å². The summed E-state index contributed by atoms with van der Waals surface area (Å²) in [5, 5.41) is 4.42. The Morgan fingerprint density at radius 3 is 2.84 bits per heavy atom. The lowest BCUT2D eigenvalue weighted by atomic mass is 10.1. The minimum absolute atomic E-state index is 0.625. The minimum Gasteiger partial charge on any atom is -0.387 e. The predicted octanol–water partition coefficient (Wildman–Crippen LogP) is 3.71. The molecule has 0 saturated carbocycles. The lowest BCUT2D eigenvalue weighted by molar-refractivity contribution is 0.683. The summed E-state index contributed by atoms with van der Waals surface area (Å²) in [6.07, 6.45) is 0. The fourth-order valence-corrected chi connectivity index (χ4v) is 4.60. The molecule has 0 saturated heterocycles. The van der Waals surface area contributed by atoms with Crippen molar-refractivity contribution in [2.45, 2.75) is 18.4 Å². The molecular weight excluding hydrogens is 330 g/mol. The van der Waals surface area contributed by atoms with Gasteiger partial charge in [-0.15, -0.1) is 0 Å². The molecule has 1 aliphatic heterocycles. The third-order valence-electron chi connectivity index (χ3n) is 4.67. The number of anilines is 2. The molecule has 0 amide bonds. The van der Waals surface area contributed by atoms with Crippen molar-refractivity contribution in [3.8, 4) is 0 Å². The van der Waals surface area contributed by atoms with Gasteiger partial charge in [-0.05, 0) is 30.7 Å². The molecule has 2 aromatic carbocycles. The molecule has 1 aliphatic rings. The number of aryl methyl sites for hydroxylation is 1. The Balaban J connectivity index is 1.79. The second-order valence-electron chi connectivity index (χ2n) is 6.38. The summed E-state index contributed by atoms with van der Waals surface area (Å²) < 4.78 is 12.5. The fraction of sp³-hybridized carbons (Fsp3) is 0.250. The molecule has 1 N–H and O–H groups in total. The van der Waals surface area contributed by atoms with Crippen molar-refractivity contribution in [2.24, 2.45) is 0 Å². The molecule has 128 valence electrons. The smallest absolute Gasteiger partial charge is 0.131 e. The Bertz CT molecular complexity index is 970. The Hall–Kier alpha value is -2.40. The van der Waals surface area contributed by atoms with Crippen LogP contribution in [-0.2, 0) is 17.3 Å². The first kappa shape index (κ1) is 16.1. The molecule has 0 aliphatic carbocycles. The van der Waals surface area contributed by atoms with Gasteiger partial charge in [-0.25, -0.2) is 4.98 Å². The minimum atomic E-state index is -0.949. The van der Waals surface area contributed by atoms with Crippen LogP contribution >= 0.6 is 0 Å². The van der Waals surface area contributed by atoms with Gasteiger partial charge in [0.1, 0.15) is 5.82 Å². The Morgan fingerprint density at radius 1 is 1.16 bits per heavy atom. The largest absolute Gasteiger partial charge is 0.387 e. The highest BCUT2D eigenvalue weighted by atomic mass is 32.2. The molecule has 4 nitrogen and oxygen atoms in total. The molecule has 0 bridgehead atoms. The van der Waals surface area contributed by atoms with Crippen molar-refractivity contribution in [3.05, 3.63) is 59.7 Å². The van der Waals surface area contributed by atoms with E-state index >= 15 is 0 Å². The molecule has 1 atom stereocenters. The van der Waals surface area contributed by atoms with Crippen LogP contribution in [0, 0.1) is 6.92 Å². The number of hydrogen-bond acceptors (Lipinski definition) is 4. The normalized spacial score (nSPS) is 17.2. The van der Waals surface area contributed by atoms with Crippen LogP contribution < -0.4 is 10.2 Å². The number of benzene rings is 2. The second-order valence-corrected chi connectivity index (χ2v) is 7.92. The lowest BCUT2D eigenvalue weighted by Gasteiger charge is -2.23. The van der Waals surface area contributed by atoms with Gasteiger partial charge in [0.15, 0.2) is 0 Å². The molecule has 4 rings (SSSR count). The first-order valence-electron chi connectivity index (χ1n) is 8.46. The molecule has 0 spiro atoms. The zero-order valence-electron chi connectivity index (χ0n) is 14.5. The molecular formula is C20H21N3OS. The van der Waals surface area contributed by atoms with Crippen LogP contribution in [0.15, 0.2) is 53.4 Å². The Labute approximate surface area is 150 Å². The van der Waals surface area contributed by atoms with Crippen LogP contribution in [0.2, 0.25) is 0 Å². The fourth-order valence-electron chi connectivity index (χ4n) is 3.33. The van der Waals surface area contributed by atoms with Gasteiger partial charge in [0.2, 0.25) is 0 Å². The quantitative estimate of drug-likeness (QED) is 0.764. The van der Waals surface area contributed by atoms with E-state index in [1.54, 1.807) is 0 Å². The van der Waals surface area contributed by atoms with Crippen molar-refractivity contribution in [3.63, 3.8) is 0 Å². The van der Waals surface area contributed by atoms with Crippen LogP contribution in [0.25, 0.3) is 10.9 Å². The number of rotatable bonds is 2. The standard InChI is InChI=1S/C20H21N3OS/c1-14-7-8-17-16(11-14)18(21-2)12-20(22-17)23-9-10-25(24)19-6-4-3-5-15(19)13-23/h3-8,11-12H,9-10,13H2,1-2H3,(H,21,22). The molecule has 2 heterocycles. The molecule has 0 fully saturated rings. The molecule has 5 heteroatoms. The number of fused-ring (bicyclic) bond motifs is 2. The van der Waals surface area contributed by atoms with E-state index in [0.717, 1.165) is 46.0 Å². The topological polar surface area (TPSA) is 45.2 Å². The number of pyridine rings is 1. The van der Waals surface area contributed by atoms with Gasteiger partial charge in [0.25, 0.3) is 0 Å². The van der Waals surface area contributed by atoms with Gasteiger partial charge in [0.05, 0.1) is 16.3 Å². The van der Waals surface area contributed by atoms with Crippen molar-refractivity contribution >= 4 is 33.2 Å². The number of aromatic nitrogens is 1. The summed E-state index contributed by atoms with van der Waals surface area (Å²) in [7, 11) is 0.989. The second kappa shape index (κ2) is 6.48. The van der Waals surface area contributed by atoms with Crippen molar-refractivity contribution in [1.29, 1.82) is 0 Å². The maximum atomic E-state index is 12.5. The van der Waals surface area contributed by atoms with Gasteiger partial charge >= 0.3 is 0 Å². The molecule has 1 aromatic heterocycles. The van der Waals surface area contributed by atoms with E-state index in [0.29, 0.717) is 5.75 Å². The summed E-state index contributed by atoms with van der Waals surface area (Å²) >= 11 is 0. The van der Waals surface area contributed by atoms with E-state index < -0.39 is 10.8 Å². The van der Waals surface area contributed by atoms with Crippen molar-refractivity contribution < 1.29 is 4.21 Å². The van der Waals surface area contributed by atoms with Gasteiger partial charge in [-0.1, -0.05) is 29.8 Å². The van der Waals surface area contributed by atoms with Crippen molar-refractivity contribution in [2.75, 3.05) is 29.6 Å². The Kier molecular flexibility index (Phi) is 4.17. The van der Waals surface area contributed by atoms with Gasteiger partial charge < -0.3 is 10.2 Å². The summed E-state index contributed by atoms with van der Waals surface area (Å²) in [6.45, 7) is 3.55. The average molecular weight is 351 g/mol. The maximum Gasteiger partial charge on any atom is 0.131 e. The van der Waals surface area contributed by atoms with Crippen LogP contribution in [0.5, 0.6) is 0 Å². The molecule has 25 heavy (non-hydrogen) atoms. The molecule has 3 aromatic rings. The van der Waals surface area contributed by atoms with Gasteiger partial charge in [-0.3, -0.25) is 4.21 Å². The highest BCUT2D eigenvalue weighted by Crippen LogP contribution is 2.30. The highest BCUT2D eigenvalue weighted by molar-refractivity contribution is 7.85. The zero-order chi connectivity index (χ0) is 17.4. The van der Waals surface area contributed by atoms with Crippen LogP contribution in [-0.4, -0.2) is 28.5 Å². The zero-order valence-corrected chi connectivity index (χ0v) is 15.3. The summed E-state index contributed by atoms with van der Waals surface area (Å²) in [5.41, 5.74) is 4.39. The SMILES string of the molecule is CNc1cc(N2CCS(=O)c3ccccc3C2)nc2ccc(C)cc12. The van der Waals surface area contributed by atoms with E-state index in [9.17, 15) is 4.21 Å². The van der Waals surface area contributed by atoms with Crippen LogP contribution in [0.4, 0.5) is 11.5 Å². The van der Waals surface area contributed by atoms with E-state index in [-0.39, 0.29) is 0 Å². The van der Waals surface area contributed by atoms with E-state index in [2.05, 4.69) is 47.5 Å². The van der Waals surface area contributed by atoms with E-state index in [1.807, 2.05) is 25.2 Å². The summed E-state index contributed by atoms with van der Waals surface area (Å²) in [6, 6.07) is 16.4. The average Bonchev–Trinajstić information content (AvgIpc) is 2.80. The predicted molar refractivity (Wildman–Crippen MR) is 105 cm³/mol. The molecule has 0 radical (unpaired) electrons. The van der Waals surface area contributed by atoms with Crippen molar-refractivity contribution in [1.82, 2.24) is 4.98 Å². The lowest BCUT2D eigenvalue weighted by Crippen LogP contribution is -2.25. The first-order valence-corrected chi connectivity index (χ1v) is 9.78. The molecule has 1 unspecified atom stereocenters. The Morgan fingerprint density at radius 2 is 2.00 bits per heavy atom. The highest BCUT2D eigenvalue weighted by Gasteiger charge is 2.20. The van der Waals surface area contributed by atoms with Crippen LogP contribution in [0.1, 0.15) is 11.1 Å².